The number of pyridine rings is 1. The molecule has 0 saturated carbocycles. The lowest BCUT2D eigenvalue weighted by molar-refractivity contribution is 0.0592. The summed E-state index contributed by atoms with van der Waals surface area (Å²) in [6, 6.07) is 10.3. The Morgan fingerprint density at radius 3 is 2.39 bits per heavy atom. The van der Waals surface area contributed by atoms with Gasteiger partial charge >= 0.3 is 0 Å². The molecule has 122 valence electrons. The molecule has 1 aliphatic rings. The van der Waals surface area contributed by atoms with E-state index in [0.717, 1.165) is 44.5 Å². The normalized spacial score (nSPS) is 18.0. The van der Waals surface area contributed by atoms with Crippen molar-refractivity contribution >= 4 is 0 Å². The molecule has 1 aliphatic heterocycles. The lowest BCUT2D eigenvalue weighted by atomic mass is 9.87. The van der Waals surface area contributed by atoms with E-state index < -0.39 is 6.10 Å². The molecule has 3 rings (SSSR count). The third kappa shape index (κ3) is 4.36. The van der Waals surface area contributed by atoms with Crippen LogP contribution in [0.1, 0.15) is 30.1 Å². The number of aliphatic hydroxyl groups is 1. The molecule has 0 amide bonds. The Morgan fingerprint density at radius 2 is 1.74 bits per heavy atom. The van der Waals surface area contributed by atoms with Crippen LogP contribution >= 0.6 is 0 Å². The fraction of sp³-hybridized carbons (Fsp3) is 0.421. The van der Waals surface area contributed by atoms with Crippen LogP contribution in [0.25, 0.3) is 0 Å². The van der Waals surface area contributed by atoms with Gasteiger partial charge in [-0.05, 0) is 73.7 Å². The number of piperidine rings is 1. The molecule has 0 aliphatic carbocycles. The highest BCUT2D eigenvalue weighted by atomic mass is 19.1. The number of nitrogens with zero attached hydrogens (tertiary/aromatic N) is 2. The molecular weight excluding hydrogens is 291 g/mol. The summed E-state index contributed by atoms with van der Waals surface area (Å²) in [5.41, 5.74) is 2.13. The predicted octanol–water partition coefficient (Wildman–Crippen LogP) is 3.21. The van der Waals surface area contributed by atoms with Crippen LogP contribution in [0, 0.1) is 11.7 Å². The molecule has 0 radical (unpaired) electrons. The van der Waals surface area contributed by atoms with Crippen LogP contribution in [-0.4, -0.2) is 34.6 Å². The van der Waals surface area contributed by atoms with Crippen molar-refractivity contribution in [1.29, 1.82) is 0 Å². The van der Waals surface area contributed by atoms with E-state index in [0.29, 0.717) is 0 Å². The van der Waals surface area contributed by atoms with E-state index in [2.05, 4.69) is 22.0 Å². The van der Waals surface area contributed by atoms with Crippen LogP contribution in [-0.2, 0) is 6.42 Å². The summed E-state index contributed by atoms with van der Waals surface area (Å²) in [5, 5.41) is 10.5. The average molecular weight is 314 g/mol. The molecule has 3 nitrogen and oxygen atoms in total. The van der Waals surface area contributed by atoms with Crippen molar-refractivity contribution in [2.75, 3.05) is 19.6 Å². The molecule has 2 aromatic rings. The van der Waals surface area contributed by atoms with E-state index in [1.165, 1.54) is 17.7 Å². The maximum atomic E-state index is 13.0. The zero-order chi connectivity index (χ0) is 16.1. The quantitative estimate of drug-likeness (QED) is 0.920. The molecule has 0 bridgehead atoms. The molecule has 1 aromatic carbocycles. The Balaban J connectivity index is 1.47. The van der Waals surface area contributed by atoms with Crippen LogP contribution in [0.4, 0.5) is 4.39 Å². The third-order valence-electron chi connectivity index (χ3n) is 4.76. The highest BCUT2D eigenvalue weighted by Crippen LogP contribution is 2.30. The van der Waals surface area contributed by atoms with Crippen LogP contribution < -0.4 is 0 Å². The largest absolute Gasteiger partial charge is 0.388 e. The van der Waals surface area contributed by atoms with Gasteiger partial charge in [-0.1, -0.05) is 12.1 Å². The van der Waals surface area contributed by atoms with E-state index in [1.807, 2.05) is 12.4 Å². The Kier molecular flexibility index (Phi) is 5.36. The molecule has 23 heavy (non-hydrogen) atoms. The first-order chi connectivity index (χ1) is 11.2. The third-order valence-corrected chi connectivity index (χ3v) is 4.76. The van der Waals surface area contributed by atoms with Gasteiger partial charge in [-0.15, -0.1) is 0 Å². The Bertz CT molecular complexity index is 595. The molecule has 2 heterocycles. The first kappa shape index (κ1) is 16.1. The maximum absolute atomic E-state index is 13.0. The minimum Gasteiger partial charge on any atom is -0.388 e. The summed E-state index contributed by atoms with van der Waals surface area (Å²) in [6.07, 6.45) is 6.18. The van der Waals surface area contributed by atoms with Crippen LogP contribution in [0.15, 0.2) is 48.8 Å². The highest BCUT2D eigenvalue weighted by Gasteiger charge is 2.26. The standard InChI is InChI=1S/C19H23FN2O/c20-18-3-1-16(2-4-18)19(23)17-8-13-22(14-9-17)12-7-15-5-10-21-11-6-15/h1-6,10-11,17,19,23H,7-9,12-14H2. The summed E-state index contributed by atoms with van der Waals surface area (Å²) < 4.78 is 13.0. The summed E-state index contributed by atoms with van der Waals surface area (Å²) in [5.74, 6) is 0.00418. The molecule has 4 heteroatoms. The topological polar surface area (TPSA) is 36.4 Å². The second-order valence-corrected chi connectivity index (χ2v) is 6.28. The molecular formula is C19H23FN2O. The zero-order valence-electron chi connectivity index (χ0n) is 13.2. The molecule has 1 fully saturated rings. The summed E-state index contributed by atoms with van der Waals surface area (Å²) in [6.45, 7) is 3.06. The van der Waals surface area contributed by atoms with Crippen LogP contribution in [0.3, 0.4) is 0 Å². The van der Waals surface area contributed by atoms with Gasteiger partial charge in [0.1, 0.15) is 5.82 Å². The number of hydrogen-bond acceptors (Lipinski definition) is 3. The minimum absolute atomic E-state index is 0.258. The summed E-state index contributed by atoms with van der Waals surface area (Å²) >= 11 is 0. The van der Waals surface area contributed by atoms with Gasteiger partial charge in [0.15, 0.2) is 0 Å². The van der Waals surface area contributed by atoms with Gasteiger partial charge in [0.25, 0.3) is 0 Å². The first-order valence-electron chi connectivity index (χ1n) is 8.27. The van der Waals surface area contributed by atoms with E-state index in [1.54, 1.807) is 12.1 Å². The number of halogens is 1. The average Bonchev–Trinajstić information content (AvgIpc) is 2.61. The first-order valence-corrected chi connectivity index (χ1v) is 8.27. The lowest BCUT2D eigenvalue weighted by Crippen LogP contribution is -2.36. The number of likely N-dealkylation sites (tertiary alicyclic amines) is 1. The van der Waals surface area contributed by atoms with E-state index >= 15 is 0 Å². The maximum Gasteiger partial charge on any atom is 0.123 e. The lowest BCUT2D eigenvalue weighted by Gasteiger charge is -2.34. The highest BCUT2D eigenvalue weighted by molar-refractivity contribution is 5.19. The van der Waals surface area contributed by atoms with Gasteiger partial charge in [0.05, 0.1) is 6.10 Å². The molecule has 1 saturated heterocycles. The Morgan fingerprint density at radius 1 is 1.09 bits per heavy atom. The number of hydrogen-bond donors (Lipinski definition) is 1. The smallest absolute Gasteiger partial charge is 0.123 e. The molecule has 1 unspecified atom stereocenters. The molecule has 1 atom stereocenters. The molecule has 1 aromatic heterocycles. The van der Waals surface area contributed by atoms with Crippen LogP contribution in [0.5, 0.6) is 0 Å². The SMILES string of the molecule is OC(c1ccc(F)cc1)C1CCN(CCc2ccncc2)CC1. The van der Waals surface area contributed by atoms with E-state index in [9.17, 15) is 9.50 Å². The number of aliphatic hydroxyl groups excluding tert-OH is 1. The zero-order valence-corrected chi connectivity index (χ0v) is 13.2. The fourth-order valence-electron chi connectivity index (χ4n) is 3.26. The van der Waals surface area contributed by atoms with Gasteiger partial charge in [0.2, 0.25) is 0 Å². The van der Waals surface area contributed by atoms with Crippen molar-refractivity contribution < 1.29 is 9.50 Å². The van der Waals surface area contributed by atoms with Crippen molar-refractivity contribution in [2.45, 2.75) is 25.4 Å². The van der Waals surface area contributed by atoms with Gasteiger partial charge < -0.3 is 10.0 Å². The minimum atomic E-state index is -0.488. The van der Waals surface area contributed by atoms with E-state index in [4.69, 9.17) is 0 Å². The number of rotatable bonds is 5. The summed E-state index contributed by atoms with van der Waals surface area (Å²) in [4.78, 5) is 6.49. The van der Waals surface area contributed by atoms with Gasteiger partial charge in [-0.3, -0.25) is 4.98 Å². The summed E-state index contributed by atoms with van der Waals surface area (Å²) in [7, 11) is 0. The molecule has 0 spiro atoms. The van der Waals surface area contributed by atoms with Crippen molar-refractivity contribution in [3.05, 3.63) is 65.7 Å². The second kappa shape index (κ2) is 7.66. The van der Waals surface area contributed by atoms with Gasteiger partial charge in [0, 0.05) is 18.9 Å². The van der Waals surface area contributed by atoms with E-state index in [-0.39, 0.29) is 11.7 Å². The monoisotopic (exact) mass is 314 g/mol. The predicted molar refractivity (Wildman–Crippen MR) is 88.5 cm³/mol. The number of benzene rings is 1. The Hall–Kier alpha value is -1.78. The molecule has 1 N–H and O–H groups in total. The van der Waals surface area contributed by atoms with Crippen molar-refractivity contribution in [1.82, 2.24) is 9.88 Å². The van der Waals surface area contributed by atoms with Crippen LogP contribution in [0.2, 0.25) is 0 Å². The fourth-order valence-corrected chi connectivity index (χ4v) is 3.26. The number of aromatic nitrogens is 1. The Labute approximate surface area is 136 Å². The van der Waals surface area contributed by atoms with Gasteiger partial charge in [-0.25, -0.2) is 4.39 Å². The van der Waals surface area contributed by atoms with Crippen molar-refractivity contribution in [3.63, 3.8) is 0 Å². The van der Waals surface area contributed by atoms with Crippen molar-refractivity contribution in [3.8, 4) is 0 Å². The van der Waals surface area contributed by atoms with Gasteiger partial charge in [-0.2, -0.15) is 0 Å². The second-order valence-electron chi connectivity index (χ2n) is 6.28. The van der Waals surface area contributed by atoms with Crippen molar-refractivity contribution in [2.24, 2.45) is 5.92 Å².